The summed E-state index contributed by atoms with van der Waals surface area (Å²) in [6.45, 7) is 8.41. The van der Waals surface area contributed by atoms with E-state index in [-0.39, 0.29) is 0 Å². The standard InChI is InChI=1S/C20H25N3O3S/c1-4-24-16-7-9-17(10-8-16)25-12-13-27-20-22-21-19(18-6-5-11-26-18)23(20)14-15(2)3/h5-11,15H,4,12-14H2,1-3H3. The molecule has 0 radical (unpaired) electrons. The Morgan fingerprint density at radius 3 is 2.44 bits per heavy atom. The van der Waals surface area contributed by atoms with E-state index in [1.54, 1.807) is 18.0 Å². The zero-order valence-corrected chi connectivity index (χ0v) is 16.7. The summed E-state index contributed by atoms with van der Waals surface area (Å²) in [6, 6.07) is 11.4. The van der Waals surface area contributed by atoms with Crippen LogP contribution in [0.1, 0.15) is 20.8 Å². The minimum absolute atomic E-state index is 0.481. The Labute approximate surface area is 163 Å². The largest absolute Gasteiger partial charge is 0.494 e. The summed E-state index contributed by atoms with van der Waals surface area (Å²) in [4.78, 5) is 0. The molecule has 0 N–H and O–H groups in total. The minimum atomic E-state index is 0.481. The third kappa shape index (κ3) is 5.29. The predicted octanol–water partition coefficient (Wildman–Crippen LogP) is 4.76. The SMILES string of the molecule is CCOc1ccc(OCCSc2nnc(-c3ccco3)n2CC(C)C)cc1. The average Bonchev–Trinajstić information content (AvgIpc) is 3.30. The van der Waals surface area contributed by atoms with E-state index in [1.165, 1.54) is 0 Å². The van der Waals surface area contributed by atoms with Gasteiger partial charge in [-0.3, -0.25) is 4.57 Å². The fraction of sp³-hybridized carbons (Fsp3) is 0.400. The van der Waals surface area contributed by atoms with E-state index in [0.29, 0.717) is 19.1 Å². The van der Waals surface area contributed by atoms with Crippen molar-refractivity contribution in [3.63, 3.8) is 0 Å². The van der Waals surface area contributed by atoms with Crippen LogP contribution >= 0.6 is 11.8 Å². The van der Waals surface area contributed by atoms with Crippen molar-refractivity contribution in [3.05, 3.63) is 42.7 Å². The number of nitrogens with zero attached hydrogens (tertiary/aromatic N) is 3. The molecule has 0 atom stereocenters. The molecule has 0 aliphatic rings. The fourth-order valence-electron chi connectivity index (χ4n) is 2.60. The van der Waals surface area contributed by atoms with Crippen LogP contribution in [-0.2, 0) is 6.54 Å². The molecule has 0 aliphatic carbocycles. The molecule has 27 heavy (non-hydrogen) atoms. The van der Waals surface area contributed by atoms with Crippen LogP contribution in [0, 0.1) is 5.92 Å². The highest BCUT2D eigenvalue weighted by molar-refractivity contribution is 7.99. The summed E-state index contributed by atoms with van der Waals surface area (Å²) in [6.07, 6.45) is 1.65. The third-order valence-electron chi connectivity index (χ3n) is 3.72. The summed E-state index contributed by atoms with van der Waals surface area (Å²) in [5.74, 6) is 4.45. The van der Waals surface area contributed by atoms with Gasteiger partial charge < -0.3 is 13.9 Å². The maximum absolute atomic E-state index is 5.81. The molecule has 0 bridgehead atoms. The van der Waals surface area contributed by atoms with Crippen molar-refractivity contribution < 1.29 is 13.9 Å². The Hall–Kier alpha value is -2.41. The van der Waals surface area contributed by atoms with Crippen LogP contribution in [-0.4, -0.2) is 33.7 Å². The molecule has 0 amide bonds. The lowest BCUT2D eigenvalue weighted by Gasteiger charge is -2.11. The molecular weight excluding hydrogens is 362 g/mol. The Balaban J connectivity index is 1.57. The first-order valence-electron chi connectivity index (χ1n) is 9.13. The van der Waals surface area contributed by atoms with Gasteiger partial charge in [0.2, 0.25) is 0 Å². The molecule has 144 valence electrons. The van der Waals surface area contributed by atoms with Crippen LogP contribution in [0.5, 0.6) is 11.5 Å². The topological polar surface area (TPSA) is 62.3 Å². The van der Waals surface area contributed by atoms with Crippen molar-refractivity contribution in [1.29, 1.82) is 0 Å². The molecular formula is C20H25N3O3S. The van der Waals surface area contributed by atoms with Gasteiger partial charge in [-0.25, -0.2) is 0 Å². The maximum atomic E-state index is 5.81. The summed E-state index contributed by atoms with van der Waals surface area (Å²) >= 11 is 1.64. The van der Waals surface area contributed by atoms with Gasteiger partial charge in [-0.15, -0.1) is 10.2 Å². The quantitative estimate of drug-likeness (QED) is 0.369. The molecule has 0 unspecified atom stereocenters. The summed E-state index contributed by atoms with van der Waals surface area (Å²) in [5.41, 5.74) is 0. The van der Waals surface area contributed by atoms with Crippen LogP contribution in [0.15, 0.2) is 52.2 Å². The fourth-order valence-corrected chi connectivity index (χ4v) is 3.37. The summed E-state index contributed by atoms with van der Waals surface area (Å²) in [7, 11) is 0. The second kappa shape index (κ2) is 9.50. The van der Waals surface area contributed by atoms with E-state index in [4.69, 9.17) is 13.9 Å². The molecule has 3 rings (SSSR count). The van der Waals surface area contributed by atoms with Gasteiger partial charge in [-0.2, -0.15) is 0 Å². The predicted molar refractivity (Wildman–Crippen MR) is 106 cm³/mol. The zero-order valence-electron chi connectivity index (χ0n) is 15.9. The maximum Gasteiger partial charge on any atom is 0.200 e. The van der Waals surface area contributed by atoms with E-state index < -0.39 is 0 Å². The van der Waals surface area contributed by atoms with Crippen molar-refractivity contribution in [3.8, 4) is 23.1 Å². The first kappa shape index (κ1) is 19.4. The minimum Gasteiger partial charge on any atom is -0.494 e. The second-order valence-electron chi connectivity index (χ2n) is 6.39. The number of thioether (sulfide) groups is 1. The molecule has 7 heteroatoms. The third-order valence-corrected chi connectivity index (χ3v) is 4.66. The van der Waals surface area contributed by atoms with Crippen LogP contribution in [0.25, 0.3) is 11.6 Å². The van der Waals surface area contributed by atoms with Gasteiger partial charge in [0.1, 0.15) is 11.5 Å². The zero-order chi connectivity index (χ0) is 19.1. The number of aromatic nitrogens is 3. The monoisotopic (exact) mass is 387 g/mol. The van der Waals surface area contributed by atoms with E-state index in [2.05, 4.69) is 28.6 Å². The van der Waals surface area contributed by atoms with E-state index >= 15 is 0 Å². The van der Waals surface area contributed by atoms with Gasteiger partial charge in [0.25, 0.3) is 0 Å². The van der Waals surface area contributed by atoms with Crippen molar-refractivity contribution in [2.75, 3.05) is 19.0 Å². The smallest absolute Gasteiger partial charge is 0.200 e. The van der Waals surface area contributed by atoms with Gasteiger partial charge in [0.15, 0.2) is 16.7 Å². The molecule has 0 aliphatic heterocycles. The average molecular weight is 388 g/mol. The van der Waals surface area contributed by atoms with E-state index in [0.717, 1.165) is 40.5 Å². The van der Waals surface area contributed by atoms with Crippen LogP contribution < -0.4 is 9.47 Å². The summed E-state index contributed by atoms with van der Waals surface area (Å²) < 4.78 is 18.9. The highest BCUT2D eigenvalue weighted by Crippen LogP contribution is 2.25. The number of hydrogen-bond donors (Lipinski definition) is 0. The molecule has 2 aromatic heterocycles. The van der Waals surface area contributed by atoms with Crippen molar-refractivity contribution in [1.82, 2.24) is 14.8 Å². The molecule has 6 nitrogen and oxygen atoms in total. The van der Waals surface area contributed by atoms with E-state index in [1.807, 2.05) is 43.3 Å². The van der Waals surface area contributed by atoms with Crippen molar-refractivity contribution >= 4 is 11.8 Å². The van der Waals surface area contributed by atoms with Gasteiger partial charge in [0, 0.05) is 12.3 Å². The molecule has 1 aromatic carbocycles. The van der Waals surface area contributed by atoms with Gasteiger partial charge in [0.05, 0.1) is 19.5 Å². The Morgan fingerprint density at radius 1 is 1.07 bits per heavy atom. The van der Waals surface area contributed by atoms with Crippen molar-refractivity contribution in [2.24, 2.45) is 5.92 Å². The normalized spacial score (nSPS) is 11.1. The Bertz CT molecular complexity index is 814. The molecule has 0 fully saturated rings. The van der Waals surface area contributed by atoms with Crippen LogP contribution in [0.3, 0.4) is 0 Å². The number of furan rings is 1. The second-order valence-corrected chi connectivity index (χ2v) is 7.45. The lowest BCUT2D eigenvalue weighted by Crippen LogP contribution is -2.08. The van der Waals surface area contributed by atoms with Gasteiger partial charge in [-0.1, -0.05) is 25.6 Å². The molecule has 0 saturated heterocycles. The number of benzene rings is 1. The highest BCUT2D eigenvalue weighted by atomic mass is 32.2. The van der Waals surface area contributed by atoms with Crippen LogP contribution in [0.4, 0.5) is 0 Å². The molecule has 0 saturated carbocycles. The Morgan fingerprint density at radius 2 is 1.81 bits per heavy atom. The Kier molecular flexibility index (Phi) is 6.81. The lowest BCUT2D eigenvalue weighted by atomic mass is 10.2. The number of rotatable bonds is 10. The number of hydrogen-bond acceptors (Lipinski definition) is 6. The van der Waals surface area contributed by atoms with Crippen LogP contribution in [0.2, 0.25) is 0 Å². The van der Waals surface area contributed by atoms with Crippen molar-refractivity contribution in [2.45, 2.75) is 32.5 Å². The highest BCUT2D eigenvalue weighted by Gasteiger charge is 2.17. The first-order valence-corrected chi connectivity index (χ1v) is 10.1. The first-order chi connectivity index (χ1) is 13.2. The molecule has 0 spiro atoms. The van der Waals surface area contributed by atoms with Gasteiger partial charge >= 0.3 is 0 Å². The lowest BCUT2D eigenvalue weighted by molar-refractivity contribution is 0.332. The summed E-state index contributed by atoms with van der Waals surface area (Å²) in [5, 5.41) is 9.55. The van der Waals surface area contributed by atoms with E-state index in [9.17, 15) is 0 Å². The molecule has 2 heterocycles. The number of ether oxygens (including phenoxy) is 2. The molecule has 3 aromatic rings. The van der Waals surface area contributed by atoms with Gasteiger partial charge in [-0.05, 0) is 49.2 Å².